The topological polar surface area (TPSA) is 123 Å². The summed E-state index contributed by atoms with van der Waals surface area (Å²) >= 11 is 0. The van der Waals surface area contributed by atoms with Crippen LogP contribution in [-0.2, 0) is 4.79 Å². The summed E-state index contributed by atoms with van der Waals surface area (Å²) in [5, 5.41) is 11.4. The Morgan fingerprint density at radius 2 is 1.90 bits per heavy atom. The lowest BCUT2D eigenvalue weighted by Crippen LogP contribution is -2.12. The van der Waals surface area contributed by atoms with Gasteiger partial charge < -0.3 is 20.5 Å². The van der Waals surface area contributed by atoms with Crippen molar-refractivity contribution in [2.75, 3.05) is 11.1 Å². The van der Waals surface area contributed by atoms with Crippen molar-refractivity contribution in [3.05, 3.63) is 67.0 Å². The van der Waals surface area contributed by atoms with E-state index in [4.69, 9.17) is 20.5 Å². The minimum absolute atomic E-state index is 0.0629. The fraction of sp³-hybridized carbons (Fsp3) is 0.130. The zero-order chi connectivity index (χ0) is 22.4. The SMILES string of the molecule is C=C(C#N)C(=O)Nc1cccc(Oc2ncnc(N)c2-c2ccc(OC(C)C)cc2)c1. The highest BCUT2D eigenvalue weighted by atomic mass is 16.5. The van der Waals surface area contributed by atoms with Crippen molar-refractivity contribution in [2.45, 2.75) is 20.0 Å². The van der Waals surface area contributed by atoms with Gasteiger partial charge in [-0.1, -0.05) is 24.8 Å². The number of nitrogens with zero attached hydrogens (tertiary/aromatic N) is 3. The van der Waals surface area contributed by atoms with Gasteiger partial charge in [-0.3, -0.25) is 4.79 Å². The van der Waals surface area contributed by atoms with Crippen molar-refractivity contribution in [3.8, 4) is 34.6 Å². The maximum Gasteiger partial charge on any atom is 0.265 e. The number of rotatable bonds is 7. The first-order chi connectivity index (χ1) is 14.9. The first kappa shape index (κ1) is 21.3. The summed E-state index contributed by atoms with van der Waals surface area (Å²) in [6, 6.07) is 15.8. The van der Waals surface area contributed by atoms with Gasteiger partial charge in [0.2, 0.25) is 5.88 Å². The monoisotopic (exact) mass is 415 g/mol. The highest BCUT2D eigenvalue weighted by Crippen LogP contribution is 2.36. The zero-order valence-electron chi connectivity index (χ0n) is 17.1. The van der Waals surface area contributed by atoms with Crippen LogP contribution in [0.1, 0.15) is 13.8 Å². The molecule has 0 saturated heterocycles. The second-order valence-electron chi connectivity index (χ2n) is 6.80. The number of nitrogens with one attached hydrogen (secondary N) is 1. The van der Waals surface area contributed by atoms with Crippen molar-refractivity contribution in [1.29, 1.82) is 5.26 Å². The molecule has 3 rings (SSSR count). The van der Waals surface area contributed by atoms with Gasteiger partial charge in [0, 0.05) is 11.8 Å². The highest BCUT2D eigenvalue weighted by molar-refractivity contribution is 6.06. The van der Waals surface area contributed by atoms with Crippen LogP contribution in [0.4, 0.5) is 11.5 Å². The van der Waals surface area contributed by atoms with E-state index in [0.717, 1.165) is 11.3 Å². The minimum Gasteiger partial charge on any atom is -0.491 e. The molecule has 0 saturated carbocycles. The van der Waals surface area contributed by atoms with E-state index in [1.807, 2.05) is 38.1 Å². The van der Waals surface area contributed by atoms with Crippen LogP contribution in [0.25, 0.3) is 11.1 Å². The molecule has 0 aliphatic carbocycles. The van der Waals surface area contributed by atoms with Gasteiger partial charge in [0.25, 0.3) is 5.91 Å². The molecule has 1 amide bonds. The van der Waals surface area contributed by atoms with Crippen LogP contribution in [0.2, 0.25) is 0 Å². The molecular weight excluding hydrogens is 394 g/mol. The summed E-state index contributed by atoms with van der Waals surface area (Å²) in [6.45, 7) is 7.30. The number of nitriles is 1. The molecule has 8 nitrogen and oxygen atoms in total. The molecule has 0 aliphatic rings. The number of nitrogens with two attached hydrogens (primary N) is 1. The van der Waals surface area contributed by atoms with Gasteiger partial charge >= 0.3 is 0 Å². The van der Waals surface area contributed by atoms with Crippen molar-refractivity contribution < 1.29 is 14.3 Å². The molecule has 1 heterocycles. The molecular formula is C23H21N5O3. The molecule has 3 aromatic rings. The van der Waals surface area contributed by atoms with E-state index >= 15 is 0 Å². The largest absolute Gasteiger partial charge is 0.491 e. The summed E-state index contributed by atoms with van der Waals surface area (Å²) in [6.07, 6.45) is 1.38. The Balaban J connectivity index is 1.88. The summed E-state index contributed by atoms with van der Waals surface area (Å²) < 4.78 is 11.6. The van der Waals surface area contributed by atoms with E-state index in [-0.39, 0.29) is 23.4 Å². The third-order valence-electron chi connectivity index (χ3n) is 4.07. The van der Waals surface area contributed by atoms with Gasteiger partial charge in [0.15, 0.2) is 0 Å². The Hall–Kier alpha value is -4.38. The van der Waals surface area contributed by atoms with Crippen molar-refractivity contribution in [1.82, 2.24) is 9.97 Å². The second kappa shape index (κ2) is 9.41. The summed E-state index contributed by atoms with van der Waals surface area (Å²) in [5.41, 5.74) is 7.66. The number of anilines is 2. The fourth-order valence-electron chi connectivity index (χ4n) is 2.71. The molecule has 3 N–H and O–H groups in total. The van der Waals surface area contributed by atoms with Crippen LogP contribution in [0.15, 0.2) is 67.0 Å². The van der Waals surface area contributed by atoms with Gasteiger partial charge in [0.1, 0.15) is 35.3 Å². The normalized spacial score (nSPS) is 10.3. The number of nitrogen functional groups attached to an aromatic ring is 1. The van der Waals surface area contributed by atoms with Crippen LogP contribution in [0, 0.1) is 11.3 Å². The van der Waals surface area contributed by atoms with Gasteiger partial charge in [-0.2, -0.15) is 5.26 Å². The number of hydrogen-bond donors (Lipinski definition) is 2. The average molecular weight is 415 g/mol. The Bertz CT molecular complexity index is 1150. The first-order valence-corrected chi connectivity index (χ1v) is 9.43. The summed E-state index contributed by atoms with van der Waals surface area (Å²) in [4.78, 5) is 20.2. The predicted octanol–water partition coefficient (Wildman–Crippen LogP) is 4.32. The molecule has 0 bridgehead atoms. The van der Waals surface area contributed by atoms with E-state index < -0.39 is 5.91 Å². The predicted molar refractivity (Wildman–Crippen MR) is 118 cm³/mol. The standard InChI is InChI=1S/C23H21N5O3/c1-14(2)30-18-9-7-16(8-10-18)20-21(25)26-13-27-23(20)31-19-6-4-5-17(11-19)28-22(29)15(3)12-24/h4-11,13-14H,3H2,1-2H3,(H,28,29)(H2,25,26,27). The number of ether oxygens (including phenoxy) is 2. The van der Waals surface area contributed by atoms with Gasteiger partial charge in [0.05, 0.1) is 11.7 Å². The van der Waals surface area contributed by atoms with Crippen molar-refractivity contribution >= 4 is 17.4 Å². The number of carbonyl (C=O) groups is 1. The quantitative estimate of drug-likeness (QED) is 0.435. The Kier molecular flexibility index (Phi) is 6.48. The Labute approximate surface area is 180 Å². The zero-order valence-corrected chi connectivity index (χ0v) is 17.1. The molecule has 0 fully saturated rings. The smallest absolute Gasteiger partial charge is 0.265 e. The van der Waals surface area contributed by atoms with Crippen LogP contribution in [0.3, 0.4) is 0 Å². The summed E-state index contributed by atoms with van der Waals surface area (Å²) in [5.74, 6) is 1.08. The highest BCUT2D eigenvalue weighted by Gasteiger charge is 2.15. The molecule has 0 atom stereocenters. The number of benzene rings is 2. The molecule has 0 aliphatic heterocycles. The lowest BCUT2D eigenvalue weighted by molar-refractivity contribution is -0.112. The van der Waals surface area contributed by atoms with E-state index in [1.165, 1.54) is 6.33 Å². The van der Waals surface area contributed by atoms with Crippen LogP contribution < -0.4 is 20.5 Å². The molecule has 0 radical (unpaired) electrons. The maximum absolute atomic E-state index is 11.9. The number of amides is 1. The van der Waals surface area contributed by atoms with Crippen LogP contribution >= 0.6 is 0 Å². The van der Waals surface area contributed by atoms with E-state index in [1.54, 1.807) is 30.3 Å². The third kappa shape index (κ3) is 5.36. The minimum atomic E-state index is -0.588. The van der Waals surface area contributed by atoms with Gasteiger partial charge in [-0.05, 0) is 43.7 Å². The number of hydrogen-bond acceptors (Lipinski definition) is 7. The lowest BCUT2D eigenvalue weighted by Gasteiger charge is -2.14. The molecule has 0 spiro atoms. The summed E-state index contributed by atoms with van der Waals surface area (Å²) in [7, 11) is 0. The fourth-order valence-corrected chi connectivity index (χ4v) is 2.71. The lowest BCUT2D eigenvalue weighted by atomic mass is 10.1. The Morgan fingerprint density at radius 1 is 1.16 bits per heavy atom. The number of aromatic nitrogens is 2. The molecule has 31 heavy (non-hydrogen) atoms. The van der Waals surface area contributed by atoms with E-state index in [2.05, 4.69) is 21.9 Å². The Morgan fingerprint density at radius 3 is 2.58 bits per heavy atom. The first-order valence-electron chi connectivity index (χ1n) is 9.43. The van der Waals surface area contributed by atoms with Crippen LogP contribution in [-0.4, -0.2) is 22.0 Å². The molecule has 156 valence electrons. The molecule has 2 aromatic carbocycles. The average Bonchev–Trinajstić information content (AvgIpc) is 2.74. The van der Waals surface area contributed by atoms with E-state index in [9.17, 15) is 4.79 Å². The van der Waals surface area contributed by atoms with Gasteiger partial charge in [-0.25, -0.2) is 9.97 Å². The molecule has 1 aromatic heterocycles. The van der Waals surface area contributed by atoms with E-state index in [0.29, 0.717) is 17.0 Å². The van der Waals surface area contributed by atoms with Crippen molar-refractivity contribution in [3.63, 3.8) is 0 Å². The molecule has 8 heteroatoms. The van der Waals surface area contributed by atoms with Gasteiger partial charge in [-0.15, -0.1) is 0 Å². The molecule has 0 unspecified atom stereocenters. The second-order valence-corrected chi connectivity index (χ2v) is 6.80. The van der Waals surface area contributed by atoms with Crippen molar-refractivity contribution in [2.24, 2.45) is 0 Å². The number of carbonyl (C=O) groups excluding carboxylic acids is 1. The van der Waals surface area contributed by atoms with Crippen LogP contribution in [0.5, 0.6) is 17.4 Å². The third-order valence-corrected chi connectivity index (χ3v) is 4.07. The maximum atomic E-state index is 11.9.